The molecule has 0 unspecified atom stereocenters. The third-order valence-electron chi connectivity index (χ3n) is 8.77. The molecule has 4 atom stereocenters. The third kappa shape index (κ3) is 4.04. The highest BCUT2D eigenvalue weighted by atomic mass is 35.5. The van der Waals surface area contributed by atoms with Crippen molar-refractivity contribution in [1.29, 1.82) is 0 Å². The summed E-state index contributed by atoms with van der Waals surface area (Å²) < 4.78 is 5.82. The minimum absolute atomic E-state index is 0.0289. The maximum atomic E-state index is 14.9. The molecule has 214 valence electrons. The van der Waals surface area contributed by atoms with Gasteiger partial charge in [0.15, 0.2) is 11.6 Å². The zero-order valence-corrected chi connectivity index (χ0v) is 24.4. The molecule has 3 heterocycles. The Bertz CT molecular complexity index is 1810. The molecule has 3 aliphatic heterocycles. The number of hydrogen-bond donors (Lipinski definition) is 1. The maximum absolute atomic E-state index is 14.9. The van der Waals surface area contributed by atoms with Crippen molar-refractivity contribution in [2.75, 3.05) is 5.32 Å². The predicted octanol–water partition coefficient (Wildman–Crippen LogP) is 7.11. The number of carbonyl (C=O) groups is 3. The summed E-state index contributed by atoms with van der Waals surface area (Å²) in [5.74, 6) is -1.35. The predicted molar refractivity (Wildman–Crippen MR) is 166 cm³/mol. The van der Waals surface area contributed by atoms with Crippen molar-refractivity contribution in [3.05, 3.63) is 136 Å². The van der Waals surface area contributed by atoms with Crippen molar-refractivity contribution in [3.63, 3.8) is 0 Å². The van der Waals surface area contributed by atoms with Crippen LogP contribution in [0.1, 0.15) is 57.3 Å². The van der Waals surface area contributed by atoms with E-state index in [1.807, 2.05) is 79.6 Å². The summed E-state index contributed by atoms with van der Waals surface area (Å²) in [5.41, 5.74) is 2.46. The first-order chi connectivity index (χ1) is 20.8. The van der Waals surface area contributed by atoms with Gasteiger partial charge in [-0.3, -0.25) is 14.4 Å². The lowest BCUT2D eigenvalue weighted by molar-refractivity contribution is -0.122. The molecule has 3 aliphatic rings. The van der Waals surface area contributed by atoms with Gasteiger partial charge in [-0.1, -0.05) is 66.2 Å². The molecular weight excluding hydrogens is 560 g/mol. The van der Waals surface area contributed by atoms with Crippen molar-refractivity contribution in [3.8, 4) is 5.75 Å². The fourth-order valence-corrected chi connectivity index (χ4v) is 7.37. The summed E-state index contributed by atoms with van der Waals surface area (Å²) in [6, 6.07) is 27.5. The lowest BCUT2D eigenvalue weighted by Crippen LogP contribution is -2.49. The van der Waals surface area contributed by atoms with E-state index in [2.05, 4.69) is 5.32 Å². The molecule has 0 bridgehead atoms. The highest BCUT2D eigenvalue weighted by Crippen LogP contribution is 2.62. The van der Waals surface area contributed by atoms with Crippen molar-refractivity contribution in [2.45, 2.75) is 37.5 Å². The van der Waals surface area contributed by atoms with Gasteiger partial charge in [-0.05, 0) is 79.1 Å². The number of ether oxygens (including phenoxy) is 1. The summed E-state index contributed by atoms with van der Waals surface area (Å²) >= 11 is 6.58. The largest absolute Gasteiger partial charge is 0.491 e. The van der Waals surface area contributed by atoms with Gasteiger partial charge in [0.25, 0.3) is 0 Å². The number of fused-ring (bicyclic) bond motifs is 6. The number of halogens is 1. The first-order valence-corrected chi connectivity index (χ1v) is 14.8. The van der Waals surface area contributed by atoms with Gasteiger partial charge in [0.1, 0.15) is 17.2 Å². The summed E-state index contributed by atoms with van der Waals surface area (Å²) in [4.78, 5) is 46.0. The van der Waals surface area contributed by atoms with Crippen LogP contribution in [0.4, 0.5) is 5.69 Å². The molecule has 1 saturated heterocycles. The van der Waals surface area contributed by atoms with Crippen LogP contribution in [0.2, 0.25) is 5.02 Å². The molecule has 0 saturated carbocycles. The zero-order chi connectivity index (χ0) is 29.9. The van der Waals surface area contributed by atoms with E-state index in [1.165, 1.54) is 0 Å². The highest BCUT2D eigenvalue weighted by Gasteiger charge is 2.70. The van der Waals surface area contributed by atoms with E-state index in [9.17, 15) is 14.4 Å². The number of anilines is 1. The maximum Gasteiger partial charge on any atom is 0.238 e. The number of hydrogen-bond acceptors (Lipinski definition) is 5. The second kappa shape index (κ2) is 10.2. The monoisotopic (exact) mass is 588 g/mol. The SMILES string of the molecule is CC(C)Oc1ccc(C(=O)[C@H]2[C@@H](C(=O)c3ccccc3Cl)N3C=Cc4ccccc4[C@@H]3[C@]23C(=O)Nc2ccccc23)cc1. The van der Waals surface area contributed by atoms with E-state index >= 15 is 0 Å². The lowest BCUT2D eigenvalue weighted by atomic mass is 9.62. The standard InChI is InChI=1S/C36H29ClN2O4/c1-21(2)43-24-17-15-23(16-18-24)32(40)30-31(33(41)26-11-5-7-13-28(26)37)39-20-19-22-9-3-4-10-25(22)34(39)36(30)27-12-6-8-14-29(27)38-35(36)42/h3-21,30-31,34H,1-2H3,(H,38,42)/t30-,31+,34-,36-/m1/s1. The summed E-state index contributed by atoms with van der Waals surface area (Å²) in [5, 5.41) is 3.37. The molecule has 0 aliphatic carbocycles. The number of nitrogens with one attached hydrogen (secondary N) is 1. The van der Waals surface area contributed by atoms with Crippen molar-refractivity contribution >= 4 is 40.8 Å². The molecule has 7 rings (SSSR count). The molecule has 1 N–H and O–H groups in total. The number of amides is 1. The van der Waals surface area contributed by atoms with E-state index in [0.717, 1.165) is 11.1 Å². The number of rotatable bonds is 6. The van der Waals surface area contributed by atoms with Gasteiger partial charge in [-0.25, -0.2) is 0 Å². The molecule has 4 aromatic carbocycles. The van der Waals surface area contributed by atoms with E-state index in [4.69, 9.17) is 16.3 Å². The number of benzene rings is 4. The Morgan fingerprint density at radius 2 is 1.58 bits per heavy atom. The van der Waals surface area contributed by atoms with Gasteiger partial charge in [0, 0.05) is 23.0 Å². The molecule has 1 spiro atoms. The van der Waals surface area contributed by atoms with Crippen LogP contribution in [0, 0.1) is 5.92 Å². The molecular formula is C36H29ClN2O4. The number of Topliss-reactive ketones (excluding diaryl/α,β-unsaturated/α-hetero) is 2. The van der Waals surface area contributed by atoms with Crippen LogP contribution in [0.15, 0.2) is 103 Å². The Balaban J connectivity index is 1.49. The Morgan fingerprint density at radius 3 is 2.35 bits per heavy atom. The second-order valence-electron chi connectivity index (χ2n) is 11.5. The topological polar surface area (TPSA) is 75.7 Å². The van der Waals surface area contributed by atoms with E-state index < -0.39 is 23.4 Å². The van der Waals surface area contributed by atoms with Gasteiger partial charge >= 0.3 is 0 Å². The zero-order valence-electron chi connectivity index (χ0n) is 23.7. The normalized spacial score (nSPS) is 23.1. The number of carbonyl (C=O) groups excluding carboxylic acids is 3. The molecule has 7 heteroatoms. The van der Waals surface area contributed by atoms with Crippen molar-refractivity contribution in [2.24, 2.45) is 5.92 Å². The van der Waals surface area contributed by atoms with Crippen LogP contribution < -0.4 is 10.1 Å². The van der Waals surface area contributed by atoms with Gasteiger partial charge in [-0.15, -0.1) is 0 Å². The first kappa shape index (κ1) is 27.2. The molecule has 4 aromatic rings. The Hall–Kier alpha value is -4.68. The molecule has 1 fully saturated rings. The van der Waals surface area contributed by atoms with Crippen LogP contribution in [-0.2, 0) is 10.2 Å². The molecule has 43 heavy (non-hydrogen) atoms. The summed E-state index contributed by atoms with van der Waals surface area (Å²) in [7, 11) is 0. The Labute approximate surface area is 254 Å². The van der Waals surface area contributed by atoms with Crippen LogP contribution in [0.5, 0.6) is 5.75 Å². The summed E-state index contributed by atoms with van der Waals surface area (Å²) in [6.45, 7) is 3.87. The van der Waals surface area contributed by atoms with Crippen LogP contribution in [0.3, 0.4) is 0 Å². The Morgan fingerprint density at radius 1 is 0.884 bits per heavy atom. The average molecular weight is 589 g/mol. The average Bonchev–Trinajstić information content (AvgIpc) is 3.49. The van der Waals surface area contributed by atoms with E-state index in [-0.39, 0.29) is 23.6 Å². The minimum atomic E-state index is -1.40. The quantitative estimate of drug-likeness (QED) is 0.243. The van der Waals surface area contributed by atoms with Gasteiger partial charge in [0.2, 0.25) is 5.91 Å². The Kier molecular flexibility index (Phi) is 6.47. The first-order valence-electron chi connectivity index (χ1n) is 14.4. The van der Waals surface area contributed by atoms with Crippen molar-refractivity contribution < 1.29 is 19.1 Å². The summed E-state index contributed by atoms with van der Waals surface area (Å²) in [6.07, 6.45) is 3.77. The second-order valence-corrected chi connectivity index (χ2v) is 11.9. The van der Waals surface area contributed by atoms with Crippen molar-refractivity contribution in [1.82, 2.24) is 4.90 Å². The number of nitrogens with zero attached hydrogens (tertiary/aromatic N) is 1. The third-order valence-corrected chi connectivity index (χ3v) is 9.10. The molecule has 1 amide bonds. The number of ketones is 2. The minimum Gasteiger partial charge on any atom is -0.491 e. The van der Waals surface area contributed by atoms with Gasteiger partial charge in [-0.2, -0.15) is 0 Å². The van der Waals surface area contributed by atoms with Crippen LogP contribution in [0.25, 0.3) is 6.08 Å². The van der Waals surface area contributed by atoms with E-state index in [0.29, 0.717) is 33.1 Å². The number of para-hydroxylation sites is 1. The lowest BCUT2D eigenvalue weighted by Gasteiger charge is -2.38. The fourth-order valence-electron chi connectivity index (χ4n) is 7.14. The molecule has 0 radical (unpaired) electrons. The fraction of sp³-hybridized carbons (Fsp3) is 0.194. The van der Waals surface area contributed by atoms with Gasteiger partial charge < -0.3 is 15.0 Å². The molecule has 6 nitrogen and oxygen atoms in total. The van der Waals surface area contributed by atoms with E-state index in [1.54, 1.807) is 48.5 Å². The van der Waals surface area contributed by atoms with Crippen LogP contribution in [-0.4, -0.2) is 34.5 Å². The highest BCUT2D eigenvalue weighted by molar-refractivity contribution is 6.34. The smallest absolute Gasteiger partial charge is 0.238 e. The molecule has 0 aromatic heterocycles. The van der Waals surface area contributed by atoms with Gasteiger partial charge in [0.05, 0.1) is 23.1 Å². The van der Waals surface area contributed by atoms with Crippen LogP contribution >= 0.6 is 11.6 Å².